The summed E-state index contributed by atoms with van der Waals surface area (Å²) in [7, 11) is 0. The zero-order chi connectivity index (χ0) is 13.9. The molecule has 0 amide bonds. The molecule has 2 heterocycles. The van der Waals surface area contributed by atoms with Crippen molar-refractivity contribution < 1.29 is 10.2 Å². The monoisotopic (exact) mass is 342 g/mol. The van der Waals surface area contributed by atoms with E-state index in [0.29, 0.717) is 9.16 Å². The predicted molar refractivity (Wildman–Crippen MR) is 92.6 cm³/mol. The predicted octanol–water partition coefficient (Wildman–Crippen LogP) is 4.31. The third kappa shape index (κ3) is 3.10. The molecule has 0 aliphatic carbocycles. The van der Waals surface area contributed by atoms with Gasteiger partial charge in [-0.15, -0.1) is 47.0 Å². The summed E-state index contributed by atoms with van der Waals surface area (Å²) in [5, 5.41) is 22.6. The maximum Gasteiger partial charge on any atom is 0.0841 e. The fourth-order valence-corrected chi connectivity index (χ4v) is 7.13. The van der Waals surface area contributed by atoms with Gasteiger partial charge in [0.05, 0.1) is 22.4 Å². The highest BCUT2D eigenvalue weighted by Gasteiger charge is 2.27. The highest BCUT2D eigenvalue weighted by atomic mass is 32.2. The molecule has 0 radical (unpaired) electrons. The standard InChI is InChI=1S/C14H14O2S4/c15-5-9-7-17-13(19-9)11-3-1-2-4-12(11)14-18-8-10(6-16)20-14/h1-4,7-8,13-16H,5-6H2. The van der Waals surface area contributed by atoms with E-state index in [0.717, 1.165) is 9.81 Å². The van der Waals surface area contributed by atoms with Crippen molar-refractivity contribution in [2.75, 3.05) is 13.2 Å². The number of hydrogen-bond donors (Lipinski definition) is 2. The van der Waals surface area contributed by atoms with Crippen LogP contribution in [0.4, 0.5) is 0 Å². The van der Waals surface area contributed by atoms with Gasteiger partial charge in [0, 0.05) is 9.81 Å². The normalized spacial score (nSPS) is 25.7. The van der Waals surface area contributed by atoms with E-state index in [4.69, 9.17) is 0 Å². The minimum Gasteiger partial charge on any atom is -0.391 e. The van der Waals surface area contributed by atoms with E-state index < -0.39 is 0 Å². The quantitative estimate of drug-likeness (QED) is 0.850. The Morgan fingerprint density at radius 3 is 1.60 bits per heavy atom. The SMILES string of the molecule is OCC1=CSC(c2ccccc2C2SC=C(CO)S2)S1. The molecule has 0 spiro atoms. The van der Waals surface area contributed by atoms with Crippen LogP contribution in [0.2, 0.25) is 0 Å². The lowest BCUT2D eigenvalue weighted by molar-refractivity contribution is 0.339. The van der Waals surface area contributed by atoms with Crippen molar-refractivity contribution >= 4 is 47.0 Å². The summed E-state index contributed by atoms with van der Waals surface area (Å²) in [4.78, 5) is 2.08. The van der Waals surface area contributed by atoms with Crippen LogP contribution in [0, 0.1) is 0 Å². The Kier molecular flexibility index (Phi) is 5.12. The number of benzene rings is 1. The fourth-order valence-electron chi connectivity index (χ4n) is 2.02. The van der Waals surface area contributed by atoms with Gasteiger partial charge in [0.2, 0.25) is 0 Å². The molecule has 106 valence electrons. The molecule has 0 aromatic heterocycles. The highest BCUT2D eigenvalue weighted by molar-refractivity contribution is 8.23. The Balaban J connectivity index is 1.80. The van der Waals surface area contributed by atoms with Gasteiger partial charge in [-0.3, -0.25) is 0 Å². The van der Waals surface area contributed by atoms with Crippen LogP contribution in [0.15, 0.2) is 44.9 Å². The summed E-state index contributed by atoms with van der Waals surface area (Å²) in [5.41, 5.74) is 2.64. The van der Waals surface area contributed by atoms with Crippen LogP contribution in [0.25, 0.3) is 0 Å². The molecule has 0 fully saturated rings. The van der Waals surface area contributed by atoms with Gasteiger partial charge in [-0.25, -0.2) is 0 Å². The molecule has 2 aliphatic rings. The minimum atomic E-state index is 0.124. The molecule has 6 heteroatoms. The van der Waals surface area contributed by atoms with Crippen molar-refractivity contribution in [3.63, 3.8) is 0 Å². The van der Waals surface area contributed by atoms with Crippen LogP contribution in [0.1, 0.15) is 20.3 Å². The molecule has 2 nitrogen and oxygen atoms in total. The van der Waals surface area contributed by atoms with E-state index in [1.807, 2.05) is 0 Å². The molecule has 0 saturated carbocycles. The van der Waals surface area contributed by atoms with Crippen LogP contribution in [-0.2, 0) is 0 Å². The molecule has 2 N–H and O–H groups in total. The van der Waals surface area contributed by atoms with Gasteiger partial charge in [0.1, 0.15) is 0 Å². The van der Waals surface area contributed by atoms with Gasteiger partial charge in [0.25, 0.3) is 0 Å². The summed E-state index contributed by atoms with van der Waals surface area (Å²) >= 11 is 6.99. The largest absolute Gasteiger partial charge is 0.391 e. The Morgan fingerprint density at radius 2 is 1.25 bits per heavy atom. The van der Waals surface area contributed by atoms with E-state index in [2.05, 4.69) is 35.1 Å². The van der Waals surface area contributed by atoms with Crippen molar-refractivity contribution in [2.45, 2.75) is 9.16 Å². The molecule has 0 bridgehead atoms. The van der Waals surface area contributed by atoms with Crippen LogP contribution in [-0.4, -0.2) is 23.4 Å². The number of hydrogen-bond acceptors (Lipinski definition) is 6. The fraction of sp³-hybridized carbons (Fsp3) is 0.286. The van der Waals surface area contributed by atoms with E-state index >= 15 is 0 Å². The van der Waals surface area contributed by atoms with Crippen LogP contribution in [0.3, 0.4) is 0 Å². The number of aliphatic hydroxyl groups is 2. The second kappa shape index (κ2) is 6.85. The molecule has 1 aromatic carbocycles. The number of thioether (sulfide) groups is 4. The third-order valence-electron chi connectivity index (χ3n) is 2.98. The van der Waals surface area contributed by atoms with E-state index in [-0.39, 0.29) is 13.2 Å². The Morgan fingerprint density at radius 1 is 0.800 bits per heavy atom. The van der Waals surface area contributed by atoms with E-state index in [1.54, 1.807) is 47.0 Å². The number of rotatable bonds is 4. The first-order chi connectivity index (χ1) is 9.81. The highest BCUT2D eigenvalue weighted by Crippen LogP contribution is 2.56. The van der Waals surface area contributed by atoms with Crippen LogP contribution >= 0.6 is 47.0 Å². The van der Waals surface area contributed by atoms with Gasteiger partial charge < -0.3 is 10.2 Å². The molecule has 1 aromatic rings. The summed E-state index contributed by atoms with van der Waals surface area (Å²) in [6.45, 7) is 0.249. The third-order valence-corrected chi connectivity index (χ3v) is 8.40. The zero-order valence-corrected chi connectivity index (χ0v) is 13.8. The second-order valence-corrected chi connectivity index (χ2v) is 9.30. The minimum absolute atomic E-state index is 0.124. The lowest BCUT2D eigenvalue weighted by atomic mass is 10.1. The average molecular weight is 343 g/mol. The van der Waals surface area contributed by atoms with Crippen molar-refractivity contribution in [1.29, 1.82) is 0 Å². The first-order valence-corrected chi connectivity index (χ1v) is 9.79. The molecular formula is C14H14O2S4. The smallest absolute Gasteiger partial charge is 0.0841 e. The van der Waals surface area contributed by atoms with Crippen molar-refractivity contribution in [3.05, 3.63) is 56.0 Å². The summed E-state index contributed by atoms with van der Waals surface area (Å²) < 4.78 is 0.653. The summed E-state index contributed by atoms with van der Waals surface area (Å²) in [6, 6.07) is 8.49. The van der Waals surface area contributed by atoms with Gasteiger partial charge in [-0.2, -0.15) is 0 Å². The lowest BCUT2D eigenvalue weighted by Crippen LogP contribution is -1.96. The molecule has 2 aliphatic heterocycles. The Bertz CT molecular complexity index is 507. The first kappa shape index (κ1) is 14.9. The van der Waals surface area contributed by atoms with Gasteiger partial charge in [-0.05, 0) is 21.9 Å². The molecule has 2 atom stereocenters. The van der Waals surface area contributed by atoms with Crippen molar-refractivity contribution in [1.82, 2.24) is 0 Å². The van der Waals surface area contributed by atoms with E-state index in [9.17, 15) is 10.2 Å². The number of aliphatic hydroxyl groups excluding tert-OH is 2. The zero-order valence-electron chi connectivity index (χ0n) is 10.6. The molecule has 0 saturated heterocycles. The molecular weight excluding hydrogens is 328 g/mol. The molecule has 20 heavy (non-hydrogen) atoms. The van der Waals surface area contributed by atoms with Crippen LogP contribution in [0.5, 0.6) is 0 Å². The van der Waals surface area contributed by atoms with Crippen molar-refractivity contribution in [2.24, 2.45) is 0 Å². The van der Waals surface area contributed by atoms with Crippen molar-refractivity contribution in [3.8, 4) is 0 Å². The first-order valence-electron chi connectivity index (χ1n) is 6.14. The summed E-state index contributed by atoms with van der Waals surface area (Å²) in [5.74, 6) is 0. The molecule has 2 unspecified atom stereocenters. The Hall–Kier alpha value is 0.0200. The second-order valence-electron chi connectivity index (χ2n) is 4.29. The molecule has 3 rings (SSSR count). The lowest BCUT2D eigenvalue weighted by Gasteiger charge is -2.18. The van der Waals surface area contributed by atoms with Gasteiger partial charge in [-0.1, -0.05) is 24.3 Å². The summed E-state index contributed by atoms with van der Waals surface area (Å²) in [6.07, 6.45) is 0. The topological polar surface area (TPSA) is 40.5 Å². The Labute approximate surface area is 135 Å². The van der Waals surface area contributed by atoms with E-state index in [1.165, 1.54) is 11.1 Å². The van der Waals surface area contributed by atoms with Gasteiger partial charge in [0.15, 0.2) is 0 Å². The maximum atomic E-state index is 9.23. The van der Waals surface area contributed by atoms with Gasteiger partial charge >= 0.3 is 0 Å². The average Bonchev–Trinajstić information content (AvgIpc) is 3.16. The maximum absolute atomic E-state index is 9.23. The van der Waals surface area contributed by atoms with Crippen LogP contribution < -0.4 is 0 Å².